The van der Waals surface area contributed by atoms with Crippen LogP contribution in [0.3, 0.4) is 0 Å². The van der Waals surface area contributed by atoms with Gasteiger partial charge in [0.25, 0.3) is 0 Å². The summed E-state index contributed by atoms with van der Waals surface area (Å²) < 4.78 is 19.3. The zero-order valence-electron chi connectivity index (χ0n) is 12.0. The van der Waals surface area contributed by atoms with Crippen LogP contribution in [-0.2, 0) is 4.74 Å². The predicted octanol–water partition coefficient (Wildman–Crippen LogP) is 3.34. The normalized spacial score (nSPS) is 15.2. The molecule has 2 aromatic rings. The van der Waals surface area contributed by atoms with Gasteiger partial charge in [0.15, 0.2) is 0 Å². The van der Waals surface area contributed by atoms with Gasteiger partial charge in [-0.2, -0.15) is 0 Å². The summed E-state index contributed by atoms with van der Waals surface area (Å²) in [5.41, 5.74) is 3.12. The minimum absolute atomic E-state index is 0.0128. The number of aryl methyl sites for hydroxylation is 1. The number of morpholine rings is 1. The standard InChI is InChI=1S/C17H18FNO2/c1-12-10-15(16(18)11-17(12)20)13-2-4-14(5-3-13)19-6-8-21-9-7-19/h2-5,10-11,20H,6-9H2,1H3. The summed E-state index contributed by atoms with van der Waals surface area (Å²) in [7, 11) is 0. The highest BCUT2D eigenvalue weighted by molar-refractivity contribution is 5.68. The van der Waals surface area contributed by atoms with E-state index in [1.165, 1.54) is 6.07 Å². The van der Waals surface area contributed by atoms with Crippen LogP contribution in [0.25, 0.3) is 11.1 Å². The number of hydrogen-bond acceptors (Lipinski definition) is 3. The molecule has 2 aromatic carbocycles. The minimum atomic E-state index is -0.405. The van der Waals surface area contributed by atoms with E-state index in [0.29, 0.717) is 11.1 Å². The Kier molecular flexibility index (Phi) is 3.80. The smallest absolute Gasteiger partial charge is 0.134 e. The second-order valence-corrected chi connectivity index (χ2v) is 5.26. The van der Waals surface area contributed by atoms with Crippen LogP contribution in [0.5, 0.6) is 5.75 Å². The first-order chi connectivity index (χ1) is 10.1. The van der Waals surface area contributed by atoms with Crippen LogP contribution >= 0.6 is 0 Å². The molecule has 3 nitrogen and oxygen atoms in total. The number of phenolic OH excluding ortho intramolecular Hbond substituents is 1. The Bertz CT molecular complexity index is 634. The molecule has 0 amide bonds. The maximum Gasteiger partial charge on any atom is 0.134 e. The van der Waals surface area contributed by atoms with Gasteiger partial charge in [-0.25, -0.2) is 4.39 Å². The molecule has 1 heterocycles. The topological polar surface area (TPSA) is 32.7 Å². The lowest BCUT2D eigenvalue weighted by Crippen LogP contribution is -2.36. The van der Waals surface area contributed by atoms with Crippen molar-refractivity contribution in [2.45, 2.75) is 6.92 Å². The Balaban J connectivity index is 1.88. The van der Waals surface area contributed by atoms with Gasteiger partial charge in [-0.3, -0.25) is 0 Å². The maximum atomic E-state index is 14.0. The van der Waals surface area contributed by atoms with E-state index in [9.17, 15) is 9.50 Å². The molecule has 0 unspecified atom stereocenters. The molecule has 21 heavy (non-hydrogen) atoms. The van der Waals surface area contributed by atoms with Crippen molar-refractivity contribution in [3.05, 3.63) is 47.8 Å². The number of benzene rings is 2. The van der Waals surface area contributed by atoms with Gasteiger partial charge in [0.1, 0.15) is 11.6 Å². The fourth-order valence-corrected chi connectivity index (χ4v) is 2.57. The summed E-state index contributed by atoms with van der Waals surface area (Å²) in [4.78, 5) is 2.26. The summed E-state index contributed by atoms with van der Waals surface area (Å²) in [6.45, 7) is 5.01. The van der Waals surface area contributed by atoms with Gasteiger partial charge in [0, 0.05) is 30.4 Å². The van der Waals surface area contributed by atoms with Crippen molar-refractivity contribution in [3.8, 4) is 16.9 Å². The molecule has 0 atom stereocenters. The largest absolute Gasteiger partial charge is 0.508 e. The van der Waals surface area contributed by atoms with E-state index in [0.717, 1.165) is 37.6 Å². The van der Waals surface area contributed by atoms with Crippen molar-refractivity contribution in [1.29, 1.82) is 0 Å². The third kappa shape index (κ3) is 2.85. The van der Waals surface area contributed by atoms with Gasteiger partial charge < -0.3 is 14.7 Å². The number of ether oxygens (including phenoxy) is 1. The zero-order chi connectivity index (χ0) is 14.8. The molecule has 0 aromatic heterocycles. The van der Waals surface area contributed by atoms with Gasteiger partial charge in [0.2, 0.25) is 0 Å². The van der Waals surface area contributed by atoms with Crippen LogP contribution in [0.4, 0.5) is 10.1 Å². The van der Waals surface area contributed by atoms with Gasteiger partial charge in [0.05, 0.1) is 13.2 Å². The molecule has 0 bridgehead atoms. The second-order valence-electron chi connectivity index (χ2n) is 5.26. The van der Waals surface area contributed by atoms with Crippen molar-refractivity contribution in [2.75, 3.05) is 31.2 Å². The lowest BCUT2D eigenvalue weighted by atomic mass is 10.0. The highest BCUT2D eigenvalue weighted by atomic mass is 19.1. The van der Waals surface area contributed by atoms with Crippen molar-refractivity contribution in [1.82, 2.24) is 0 Å². The maximum absolute atomic E-state index is 14.0. The first kappa shape index (κ1) is 13.9. The molecule has 1 fully saturated rings. The van der Waals surface area contributed by atoms with Crippen LogP contribution in [0, 0.1) is 12.7 Å². The quantitative estimate of drug-likeness (QED) is 0.919. The first-order valence-electron chi connectivity index (χ1n) is 7.07. The molecule has 3 rings (SSSR count). The van der Waals surface area contributed by atoms with Gasteiger partial charge in [-0.1, -0.05) is 12.1 Å². The average Bonchev–Trinajstić information content (AvgIpc) is 2.52. The third-order valence-electron chi connectivity index (χ3n) is 3.84. The second kappa shape index (κ2) is 5.74. The fourth-order valence-electron chi connectivity index (χ4n) is 2.57. The summed E-state index contributed by atoms with van der Waals surface area (Å²) >= 11 is 0. The highest BCUT2D eigenvalue weighted by Gasteiger charge is 2.12. The molecule has 1 saturated heterocycles. The molecule has 0 aliphatic carbocycles. The van der Waals surface area contributed by atoms with E-state index < -0.39 is 5.82 Å². The number of halogens is 1. The summed E-state index contributed by atoms with van der Waals surface area (Å²) in [5, 5.41) is 9.53. The van der Waals surface area contributed by atoms with Crippen molar-refractivity contribution >= 4 is 5.69 Å². The summed E-state index contributed by atoms with van der Waals surface area (Å²) in [6.07, 6.45) is 0. The molecule has 4 heteroatoms. The van der Waals surface area contributed by atoms with E-state index in [4.69, 9.17) is 4.74 Å². The van der Waals surface area contributed by atoms with E-state index in [-0.39, 0.29) is 5.75 Å². The molecular weight excluding hydrogens is 269 g/mol. The monoisotopic (exact) mass is 287 g/mol. The van der Waals surface area contributed by atoms with E-state index in [1.807, 2.05) is 24.3 Å². The molecule has 110 valence electrons. The molecule has 1 N–H and O–H groups in total. The Morgan fingerprint density at radius 1 is 1.10 bits per heavy atom. The molecule has 0 radical (unpaired) electrons. The minimum Gasteiger partial charge on any atom is -0.508 e. The number of nitrogens with zero attached hydrogens (tertiary/aromatic N) is 1. The lowest BCUT2D eigenvalue weighted by Gasteiger charge is -2.28. The van der Waals surface area contributed by atoms with Crippen molar-refractivity contribution < 1.29 is 14.2 Å². The van der Waals surface area contributed by atoms with Crippen LogP contribution in [-0.4, -0.2) is 31.4 Å². The van der Waals surface area contributed by atoms with Crippen molar-refractivity contribution in [3.63, 3.8) is 0 Å². The SMILES string of the molecule is Cc1cc(-c2ccc(N3CCOCC3)cc2)c(F)cc1O. The van der Waals surface area contributed by atoms with Crippen LogP contribution in [0.15, 0.2) is 36.4 Å². The van der Waals surface area contributed by atoms with Crippen molar-refractivity contribution in [2.24, 2.45) is 0 Å². The van der Waals surface area contributed by atoms with E-state index in [1.54, 1.807) is 13.0 Å². The third-order valence-corrected chi connectivity index (χ3v) is 3.84. The number of phenols is 1. The zero-order valence-corrected chi connectivity index (χ0v) is 12.0. The fraction of sp³-hybridized carbons (Fsp3) is 0.294. The molecule has 0 spiro atoms. The number of aromatic hydroxyl groups is 1. The Morgan fingerprint density at radius 3 is 2.43 bits per heavy atom. The van der Waals surface area contributed by atoms with Gasteiger partial charge in [-0.15, -0.1) is 0 Å². The number of hydrogen-bond donors (Lipinski definition) is 1. The highest BCUT2D eigenvalue weighted by Crippen LogP contribution is 2.30. The number of rotatable bonds is 2. The van der Waals surface area contributed by atoms with E-state index in [2.05, 4.69) is 4.90 Å². The van der Waals surface area contributed by atoms with Gasteiger partial charge >= 0.3 is 0 Å². The summed E-state index contributed by atoms with van der Waals surface area (Å²) in [5.74, 6) is -0.418. The predicted molar refractivity (Wildman–Crippen MR) is 81.3 cm³/mol. The molecule has 1 aliphatic rings. The Morgan fingerprint density at radius 2 is 1.76 bits per heavy atom. The molecule has 1 aliphatic heterocycles. The number of anilines is 1. The van der Waals surface area contributed by atoms with Crippen LogP contribution in [0.1, 0.15) is 5.56 Å². The lowest BCUT2D eigenvalue weighted by molar-refractivity contribution is 0.122. The average molecular weight is 287 g/mol. The summed E-state index contributed by atoms with van der Waals surface area (Å²) in [6, 6.07) is 10.7. The Labute approximate surface area is 123 Å². The van der Waals surface area contributed by atoms with Crippen LogP contribution in [0.2, 0.25) is 0 Å². The first-order valence-corrected chi connectivity index (χ1v) is 7.07. The van der Waals surface area contributed by atoms with E-state index >= 15 is 0 Å². The van der Waals surface area contributed by atoms with Crippen LogP contribution < -0.4 is 4.90 Å². The molecular formula is C17H18FNO2. The Hall–Kier alpha value is -2.07. The van der Waals surface area contributed by atoms with Gasteiger partial charge in [-0.05, 0) is 36.2 Å². The molecule has 0 saturated carbocycles.